The Morgan fingerprint density at radius 2 is 1.77 bits per heavy atom. The molecule has 1 aromatic carbocycles. The molecule has 1 saturated carbocycles. The molecule has 3 aliphatic carbocycles. The first-order chi connectivity index (χ1) is 15.0. The second-order valence-electron chi connectivity index (χ2n) is 8.01. The molecule has 5 rings (SSSR count). The Kier molecular flexibility index (Phi) is 6.23. The van der Waals surface area contributed by atoms with Crippen LogP contribution in [0.4, 0.5) is 5.00 Å². The number of anilines is 1. The fourth-order valence-electron chi connectivity index (χ4n) is 4.66. The van der Waals surface area contributed by atoms with Crippen LogP contribution >= 0.6 is 11.3 Å². The van der Waals surface area contributed by atoms with Crippen LogP contribution < -0.4 is 5.32 Å². The summed E-state index contributed by atoms with van der Waals surface area (Å²) in [4.78, 5) is 38.6. The minimum Gasteiger partial charge on any atom is -0.481 e. The van der Waals surface area contributed by atoms with E-state index in [1.54, 1.807) is 13.0 Å². The summed E-state index contributed by atoms with van der Waals surface area (Å²) in [5.74, 6) is -3.38. The maximum Gasteiger partial charge on any atom is 0.341 e. The molecule has 1 heterocycles. The molecule has 2 N–H and O–H groups in total. The third-order valence-corrected chi connectivity index (χ3v) is 7.12. The molecule has 0 spiro atoms. The van der Waals surface area contributed by atoms with Crippen LogP contribution in [0.5, 0.6) is 0 Å². The lowest BCUT2D eigenvalue weighted by Crippen LogP contribution is -2.47. The summed E-state index contributed by atoms with van der Waals surface area (Å²) >= 11 is 1.33. The Labute approximate surface area is 184 Å². The molecule has 2 bridgehead atoms. The Morgan fingerprint density at radius 3 is 2.39 bits per heavy atom. The summed E-state index contributed by atoms with van der Waals surface area (Å²) in [6.07, 6.45) is 6.12. The highest BCUT2D eigenvalue weighted by Crippen LogP contribution is 2.45. The van der Waals surface area contributed by atoms with Crippen LogP contribution in [-0.2, 0) is 20.7 Å². The molecule has 7 heteroatoms. The van der Waals surface area contributed by atoms with Gasteiger partial charge < -0.3 is 15.2 Å². The molecule has 1 aromatic heterocycles. The summed E-state index contributed by atoms with van der Waals surface area (Å²) in [7, 11) is 0. The summed E-state index contributed by atoms with van der Waals surface area (Å²) in [6, 6.07) is 11.6. The largest absolute Gasteiger partial charge is 0.481 e. The quantitative estimate of drug-likeness (QED) is 0.494. The van der Waals surface area contributed by atoms with Crippen molar-refractivity contribution >= 4 is 34.2 Å². The van der Waals surface area contributed by atoms with Crippen molar-refractivity contribution in [2.45, 2.75) is 26.2 Å². The molecule has 0 saturated heterocycles. The molecule has 4 atom stereocenters. The van der Waals surface area contributed by atoms with Gasteiger partial charge in [-0.1, -0.05) is 42.5 Å². The van der Waals surface area contributed by atoms with Crippen LogP contribution in [0.15, 0.2) is 48.6 Å². The smallest absolute Gasteiger partial charge is 0.341 e. The van der Waals surface area contributed by atoms with Gasteiger partial charge in [-0.3, -0.25) is 9.59 Å². The Bertz CT molecular complexity index is 1010. The predicted octanol–water partition coefficient (Wildman–Crippen LogP) is 4.37. The highest BCUT2D eigenvalue weighted by molar-refractivity contribution is 7.16. The number of esters is 1. The minimum atomic E-state index is -0.944. The number of aliphatic carboxylic acids is 1. The van der Waals surface area contributed by atoms with Crippen molar-refractivity contribution in [2.75, 3.05) is 11.9 Å². The first-order valence-corrected chi connectivity index (χ1v) is 11.3. The zero-order valence-corrected chi connectivity index (χ0v) is 18.1. The highest BCUT2D eigenvalue weighted by Gasteiger charge is 2.48. The average Bonchev–Trinajstić information content (AvgIpc) is 3.16. The van der Waals surface area contributed by atoms with E-state index < -0.39 is 23.8 Å². The van der Waals surface area contributed by atoms with Crippen LogP contribution in [0.3, 0.4) is 0 Å². The number of carboxylic acids is 1. The monoisotopic (exact) mass is 439 g/mol. The predicted molar refractivity (Wildman–Crippen MR) is 118 cm³/mol. The molecule has 0 unspecified atom stereocenters. The van der Waals surface area contributed by atoms with Crippen molar-refractivity contribution in [1.29, 1.82) is 0 Å². The Hall–Kier alpha value is -2.93. The Morgan fingerprint density at radius 1 is 1.10 bits per heavy atom. The maximum atomic E-state index is 13.2. The van der Waals surface area contributed by atoms with Gasteiger partial charge >= 0.3 is 11.9 Å². The van der Waals surface area contributed by atoms with E-state index in [2.05, 4.69) is 5.32 Å². The molecular formula is C24H25NO5S. The fourth-order valence-corrected chi connectivity index (χ4v) is 5.74. The van der Waals surface area contributed by atoms with Crippen molar-refractivity contribution in [1.82, 2.24) is 0 Å². The third-order valence-electron chi connectivity index (χ3n) is 6.07. The van der Waals surface area contributed by atoms with Gasteiger partial charge in [-0.15, -0.1) is 11.3 Å². The normalized spacial score (nSPS) is 24.0. The van der Waals surface area contributed by atoms with Gasteiger partial charge in [-0.2, -0.15) is 0 Å². The topological polar surface area (TPSA) is 92.7 Å². The zero-order chi connectivity index (χ0) is 22.0. The minimum absolute atomic E-state index is 0.0964. The molecule has 162 valence electrons. The number of rotatable bonds is 7. The van der Waals surface area contributed by atoms with Gasteiger partial charge in [0.1, 0.15) is 5.00 Å². The Balaban J connectivity index is 1.60. The molecular weight excluding hydrogens is 414 g/mol. The number of thiophene rings is 1. The number of carbonyl (C=O) groups is 3. The van der Waals surface area contributed by atoms with Crippen LogP contribution in [0.2, 0.25) is 0 Å². The number of carbonyl (C=O) groups excluding carboxylic acids is 2. The van der Waals surface area contributed by atoms with Crippen LogP contribution in [-0.4, -0.2) is 29.6 Å². The van der Waals surface area contributed by atoms with E-state index in [0.29, 0.717) is 17.0 Å². The van der Waals surface area contributed by atoms with Gasteiger partial charge in [-0.25, -0.2) is 4.79 Å². The standard InChI is InChI=1S/C24H25NO5S/c1-2-30-24(29)18-13-17(12-14-6-4-3-5-7-14)31-22(18)25-21(26)19-15-8-10-16(11-9-15)20(19)23(27)28/h3-8,10,13,15-16,19-20H,2,9,11-12H2,1H3,(H,25,26)(H,27,28)/t15-,16-,19+,20+/m0/s1. The third kappa shape index (κ3) is 4.42. The molecule has 31 heavy (non-hydrogen) atoms. The van der Waals surface area contributed by atoms with Crippen LogP contribution in [0.1, 0.15) is 40.6 Å². The average molecular weight is 440 g/mol. The van der Waals surface area contributed by atoms with Gasteiger partial charge in [0, 0.05) is 11.3 Å². The number of ether oxygens (including phenoxy) is 1. The number of hydrogen-bond donors (Lipinski definition) is 2. The number of benzene rings is 1. The van der Waals surface area contributed by atoms with Crippen molar-refractivity contribution in [3.8, 4) is 0 Å². The van der Waals surface area contributed by atoms with Gasteiger partial charge in [0.2, 0.25) is 5.91 Å². The number of amides is 1. The SMILES string of the molecule is CCOC(=O)c1cc(Cc2ccccc2)sc1NC(=O)[C@H]1[C@H](C(=O)O)[C@H]2C=C[C@H]1CC2. The maximum absolute atomic E-state index is 13.2. The van der Waals surface area contributed by atoms with Crippen molar-refractivity contribution < 1.29 is 24.2 Å². The van der Waals surface area contributed by atoms with Gasteiger partial charge in [0.15, 0.2) is 0 Å². The van der Waals surface area contributed by atoms with E-state index in [0.717, 1.165) is 23.3 Å². The molecule has 2 aromatic rings. The number of hydrogen-bond acceptors (Lipinski definition) is 5. The van der Waals surface area contributed by atoms with Gasteiger partial charge in [-0.05, 0) is 43.2 Å². The number of carboxylic acid groups (broad SMARTS) is 1. The van der Waals surface area contributed by atoms with E-state index in [4.69, 9.17) is 4.74 Å². The number of fused-ring (bicyclic) bond motifs is 2. The summed E-state index contributed by atoms with van der Waals surface area (Å²) in [6.45, 7) is 1.96. The van der Waals surface area contributed by atoms with E-state index in [1.807, 2.05) is 42.5 Å². The fraction of sp³-hybridized carbons (Fsp3) is 0.375. The molecule has 6 nitrogen and oxygen atoms in total. The second kappa shape index (κ2) is 9.06. The molecule has 3 aliphatic rings. The lowest BCUT2D eigenvalue weighted by atomic mass is 9.62. The van der Waals surface area contributed by atoms with Crippen molar-refractivity contribution in [2.24, 2.45) is 23.7 Å². The lowest BCUT2D eigenvalue weighted by Gasteiger charge is -2.41. The van der Waals surface area contributed by atoms with E-state index in [-0.39, 0.29) is 24.3 Å². The van der Waals surface area contributed by atoms with Gasteiger partial charge in [0.05, 0.1) is 24.0 Å². The molecule has 0 aliphatic heterocycles. The first kappa shape index (κ1) is 21.3. The van der Waals surface area contributed by atoms with Gasteiger partial charge in [0.25, 0.3) is 0 Å². The molecule has 1 amide bonds. The van der Waals surface area contributed by atoms with E-state index in [9.17, 15) is 19.5 Å². The zero-order valence-electron chi connectivity index (χ0n) is 17.2. The molecule has 1 fully saturated rings. The van der Waals surface area contributed by atoms with E-state index in [1.165, 1.54) is 11.3 Å². The van der Waals surface area contributed by atoms with Crippen molar-refractivity contribution in [3.63, 3.8) is 0 Å². The summed E-state index contributed by atoms with van der Waals surface area (Å²) in [5.41, 5.74) is 1.41. The van der Waals surface area contributed by atoms with Crippen LogP contribution in [0, 0.1) is 23.7 Å². The lowest BCUT2D eigenvalue weighted by molar-refractivity contribution is -0.151. The molecule has 0 radical (unpaired) electrons. The first-order valence-electron chi connectivity index (χ1n) is 10.5. The summed E-state index contributed by atoms with van der Waals surface area (Å²) in [5, 5.41) is 13.0. The van der Waals surface area contributed by atoms with Crippen molar-refractivity contribution in [3.05, 3.63) is 64.6 Å². The number of nitrogens with one attached hydrogen (secondary N) is 1. The van der Waals surface area contributed by atoms with E-state index >= 15 is 0 Å². The summed E-state index contributed by atoms with van der Waals surface area (Å²) < 4.78 is 5.18. The second-order valence-corrected chi connectivity index (χ2v) is 9.14. The number of allylic oxidation sites excluding steroid dienone is 2. The van der Waals surface area contributed by atoms with Crippen LogP contribution in [0.25, 0.3) is 0 Å². The highest BCUT2D eigenvalue weighted by atomic mass is 32.1.